The number of hydrogen-bond donors (Lipinski definition) is 1. The highest BCUT2D eigenvalue weighted by Crippen LogP contribution is 2.37. The molecule has 1 aliphatic rings. The second-order valence-electron chi connectivity index (χ2n) is 7.39. The van der Waals surface area contributed by atoms with E-state index >= 15 is 0 Å². The zero-order chi connectivity index (χ0) is 20.5. The SMILES string of the molecule is Cc1ccc(C(=O)N2CC(=O)Nc3ccc(C)cc3C2c2ccc(F)cc2)cc1. The molecule has 0 aromatic heterocycles. The Balaban J connectivity index is 1.88. The summed E-state index contributed by atoms with van der Waals surface area (Å²) >= 11 is 0. The lowest BCUT2D eigenvalue weighted by atomic mass is 9.94. The van der Waals surface area contributed by atoms with E-state index < -0.39 is 6.04 Å². The summed E-state index contributed by atoms with van der Waals surface area (Å²) in [5, 5.41) is 2.90. The molecule has 3 aromatic carbocycles. The van der Waals surface area contributed by atoms with Gasteiger partial charge in [0.05, 0.1) is 6.04 Å². The molecule has 0 fully saturated rings. The summed E-state index contributed by atoms with van der Waals surface area (Å²) in [5.74, 6) is -0.860. The zero-order valence-corrected chi connectivity index (χ0v) is 16.3. The minimum absolute atomic E-state index is 0.0948. The van der Waals surface area contributed by atoms with Crippen molar-refractivity contribution < 1.29 is 14.0 Å². The van der Waals surface area contributed by atoms with Crippen LogP contribution in [0.15, 0.2) is 66.7 Å². The highest BCUT2D eigenvalue weighted by molar-refractivity contribution is 6.01. The molecule has 0 bridgehead atoms. The molecule has 3 aromatic rings. The first-order valence-electron chi connectivity index (χ1n) is 9.46. The molecule has 1 aliphatic heterocycles. The summed E-state index contributed by atoms with van der Waals surface area (Å²) in [5.41, 5.74) is 4.78. The van der Waals surface area contributed by atoms with Crippen molar-refractivity contribution in [1.82, 2.24) is 4.90 Å². The monoisotopic (exact) mass is 388 g/mol. The Bertz CT molecular complexity index is 1080. The highest BCUT2D eigenvalue weighted by Gasteiger charge is 2.34. The van der Waals surface area contributed by atoms with Crippen LogP contribution in [0.1, 0.15) is 38.7 Å². The van der Waals surface area contributed by atoms with Crippen molar-refractivity contribution in [3.05, 3.63) is 100 Å². The number of nitrogens with one attached hydrogen (secondary N) is 1. The van der Waals surface area contributed by atoms with E-state index in [1.165, 1.54) is 12.1 Å². The summed E-state index contributed by atoms with van der Waals surface area (Å²) in [7, 11) is 0. The number of nitrogens with zero attached hydrogens (tertiary/aromatic N) is 1. The maximum absolute atomic E-state index is 13.6. The fourth-order valence-corrected chi connectivity index (χ4v) is 3.68. The average Bonchev–Trinajstić information content (AvgIpc) is 2.84. The van der Waals surface area contributed by atoms with Gasteiger partial charge in [-0.05, 0) is 49.7 Å². The molecule has 1 N–H and O–H groups in total. The van der Waals surface area contributed by atoms with Crippen LogP contribution >= 0.6 is 0 Å². The Kier molecular flexibility index (Phi) is 4.89. The Hall–Kier alpha value is -3.47. The van der Waals surface area contributed by atoms with E-state index in [2.05, 4.69) is 5.32 Å². The quantitative estimate of drug-likeness (QED) is 0.696. The molecule has 0 spiro atoms. The van der Waals surface area contributed by atoms with Crippen LogP contribution in [0.25, 0.3) is 0 Å². The molecule has 4 rings (SSSR count). The van der Waals surface area contributed by atoms with Gasteiger partial charge in [0.25, 0.3) is 5.91 Å². The predicted octanol–water partition coefficient (Wildman–Crippen LogP) is 4.63. The zero-order valence-electron chi connectivity index (χ0n) is 16.3. The van der Waals surface area contributed by atoms with Crippen molar-refractivity contribution in [2.45, 2.75) is 19.9 Å². The topological polar surface area (TPSA) is 49.4 Å². The predicted molar refractivity (Wildman–Crippen MR) is 110 cm³/mol. The van der Waals surface area contributed by atoms with Crippen LogP contribution in [0, 0.1) is 19.7 Å². The van der Waals surface area contributed by atoms with Crippen LogP contribution in [0.2, 0.25) is 0 Å². The number of carbonyl (C=O) groups excluding carboxylic acids is 2. The summed E-state index contributed by atoms with van der Waals surface area (Å²) in [6, 6.07) is 18.6. The Labute approximate surface area is 169 Å². The van der Waals surface area contributed by atoms with E-state index in [9.17, 15) is 14.0 Å². The first-order chi connectivity index (χ1) is 13.9. The van der Waals surface area contributed by atoms with Gasteiger partial charge in [0, 0.05) is 16.8 Å². The van der Waals surface area contributed by atoms with Gasteiger partial charge in [-0.15, -0.1) is 0 Å². The Morgan fingerprint density at radius 1 is 0.966 bits per heavy atom. The van der Waals surface area contributed by atoms with Gasteiger partial charge in [-0.25, -0.2) is 4.39 Å². The van der Waals surface area contributed by atoms with Crippen LogP contribution in [-0.4, -0.2) is 23.3 Å². The number of rotatable bonds is 2. The number of fused-ring (bicyclic) bond motifs is 1. The summed E-state index contributed by atoms with van der Waals surface area (Å²) in [6.07, 6.45) is 0. The first-order valence-corrected chi connectivity index (χ1v) is 9.46. The van der Waals surface area contributed by atoms with Crippen molar-refractivity contribution >= 4 is 17.5 Å². The summed E-state index contributed by atoms with van der Waals surface area (Å²) < 4.78 is 13.6. The number of anilines is 1. The number of hydrogen-bond acceptors (Lipinski definition) is 2. The van der Waals surface area contributed by atoms with Crippen LogP contribution in [-0.2, 0) is 4.79 Å². The van der Waals surface area contributed by atoms with Crippen molar-refractivity contribution in [3.63, 3.8) is 0 Å². The fourth-order valence-electron chi connectivity index (χ4n) is 3.68. The van der Waals surface area contributed by atoms with Crippen LogP contribution < -0.4 is 5.32 Å². The number of amides is 2. The lowest BCUT2D eigenvalue weighted by molar-refractivity contribution is -0.117. The van der Waals surface area contributed by atoms with E-state index in [1.54, 1.807) is 29.2 Å². The molecule has 0 saturated carbocycles. The minimum atomic E-state index is -0.516. The second-order valence-corrected chi connectivity index (χ2v) is 7.39. The van der Waals surface area contributed by atoms with E-state index in [-0.39, 0.29) is 24.2 Å². The third kappa shape index (κ3) is 3.76. The number of carbonyl (C=O) groups is 2. The van der Waals surface area contributed by atoms with Gasteiger partial charge in [-0.2, -0.15) is 0 Å². The molecule has 0 radical (unpaired) electrons. The molecule has 5 heteroatoms. The Morgan fingerprint density at radius 2 is 1.62 bits per heavy atom. The standard InChI is InChI=1S/C24H21FN2O2/c1-15-3-6-18(7-4-15)24(29)27-14-22(28)26-21-12-5-16(2)13-20(21)23(27)17-8-10-19(25)11-9-17/h3-13,23H,14H2,1-2H3,(H,26,28). The lowest BCUT2D eigenvalue weighted by Crippen LogP contribution is -2.39. The van der Waals surface area contributed by atoms with Gasteiger partial charge < -0.3 is 10.2 Å². The molecule has 1 atom stereocenters. The molecular weight excluding hydrogens is 367 g/mol. The van der Waals surface area contributed by atoms with Gasteiger partial charge in [-0.1, -0.05) is 47.5 Å². The number of halogens is 1. The molecule has 0 aliphatic carbocycles. The van der Waals surface area contributed by atoms with Gasteiger partial charge in [-0.3, -0.25) is 9.59 Å². The van der Waals surface area contributed by atoms with E-state index in [0.717, 1.165) is 22.3 Å². The van der Waals surface area contributed by atoms with Crippen molar-refractivity contribution in [3.8, 4) is 0 Å². The summed E-state index contributed by atoms with van der Waals surface area (Å²) in [4.78, 5) is 27.6. The normalized spacial score (nSPS) is 16.0. The largest absolute Gasteiger partial charge is 0.324 e. The maximum Gasteiger partial charge on any atom is 0.255 e. The molecule has 29 heavy (non-hydrogen) atoms. The second kappa shape index (κ2) is 7.51. The third-order valence-corrected chi connectivity index (χ3v) is 5.15. The first kappa shape index (κ1) is 18.9. The van der Waals surface area contributed by atoms with Gasteiger partial charge >= 0.3 is 0 Å². The van der Waals surface area contributed by atoms with Crippen molar-refractivity contribution in [1.29, 1.82) is 0 Å². The molecule has 0 saturated heterocycles. The van der Waals surface area contributed by atoms with E-state index in [0.29, 0.717) is 11.3 Å². The van der Waals surface area contributed by atoms with E-state index in [1.807, 2.05) is 44.2 Å². The minimum Gasteiger partial charge on any atom is -0.324 e. The molecule has 1 unspecified atom stereocenters. The average molecular weight is 388 g/mol. The third-order valence-electron chi connectivity index (χ3n) is 5.15. The van der Waals surface area contributed by atoms with Gasteiger partial charge in [0.1, 0.15) is 12.4 Å². The number of benzene rings is 3. The highest BCUT2D eigenvalue weighted by atomic mass is 19.1. The van der Waals surface area contributed by atoms with Gasteiger partial charge in [0.2, 0.25) is 5.91 Å². The fraction of sp³-hybridized carbons (Fsp3) is 0.167. The van der Waals surface area contributed by atoms with Gasteiger partial charge in [0.15, 0.2) is 0 Å². The molecule has 146 valence electrons. The van der Waals surface area contributed by atoms with Crippen molar-refractivity contribution in [2.75, 3.05) is 11.9 Å². The van der Waals surface area contributed by atoms with Crippen LogP contribution in [0.5, 0.6) is 0 Å². The van der Waals surface area contributed by atoms with Crippen LogP contribution in [0.4, 0.5) is 10.1 Å². The van der Waals surface area contributed by atoms with Crippen LogP contribution in [0.3, 0.4) is 0 Å². The smallest absolute Gasteiger partial charge is 0.255 e. The van der Waals surface area contributed by atoms with E-state index in [4.69, 9.17) is 0 Å². The molecule has 2 amide bonds. The molecule has 1 heterocycles. The molecular formula is C24H21FN2O2. The molecule has 4 nitrogen and oxygen atoms in total. The lowest BCUT2D eigenvalue weighted by Gasteiger charge is -2.31. The van der Waals surface area contributed by atoms with Crippen molar-refractivity contribution in [2.24, 2.45) is 0 Å². The number of aryl methyl sites for hydroxylation is 2. The maximum atomic E-state index is 13.6. The summed E-state index contributed by atoms with van der Waals surface area (Å²) in [6.45, 7) is 3.82. The Morgan fingerprint density at radius 3 is 2.31 bits per heavy atom.